The lowest BCUT2D eigenvalue weighted by atomic mass is 9.87. The number of hydrogen-bond donors (Lipinski definition) is 4. The van der Waals surface area contributed by atoms with Crippen LogP contribution in [0.2, 0.25) is 0 Å². The minimum atomic E-state index is 0.127. The summed E-state index contributed by atoms with van der Waals surface area (Å²) in [5, 5.41) is 38.7. The van der Waals surface area contributed by atoms with Crippen LogP contribution in [0.4, 0.5) is 0 Å². The molecule has 6 aromatic carbocycles. The monoisotopic (exact) mass is 990 g/mol. The normalized spacial score (nSPS) is 19.5. The van der Waals surface area contributed by atoms with Crippen molar-refractivity contribution in [3.05, 3.63) is 196 Å². The van der Waals surface area contributed by atoms with Gasteiger partial charge in [0.05, 0.1) is 6.61 Å². The van der Waals surface area contributed by atoms with Gasteiger partial charge in [-0.3, -0.25) is 4.90 Å². The highest BCUT2D eigenvalue weighted by atomic mass is 79.9. The van der Waals surface area contributed by atoms with Crippen molar-refractivity contribution in [2.75, 3.05) is 59.7 Å². The molecule has 69 heavy (non-hydrogen) atoms. The third-order valence-corrected chi connectivity index (χ3v) is 14.5. The molecule has 0 spiro atoms. The smallest absolute Gasteiger partial charge is 0.119 e. The van der Waals surface area contributed by atoms with Crippen molar-refractivity contribution in [3.8, 4) is 17.2 Å². The van der Waals surface area contributed by atoms with Gasteiger partial charge < -0.3 is 34.8 Å². The van der Waals surface area contributed by atoms with Gasteiger partial charge in [-0.25, -0.2) is 0 Å². The van der Waals surface area contributed by atoms with E-state index in [1.54, 1.807) is 12.1 Å². The Hall–Kier alpha value is -5.52. The molecular formula is C60H67BrN2O6. The fraction of sp³-hybridized carbons (Fsp3) is 0.333. The van der Waals surface area contributed by atoms with E-state index in [4.69, 9.17) is 9.47 Å². The van der Waals surface area contributed by atoms with Crippen molar-refractivity contribution >= 4 is 38.2 Å². The molecule has 4 N–H and O–H groups in total. The predicted molar refractivity (Wildman–Crippen MR) is 283 cm³/mol. The number of phenolic OH excluding ortho intramolecular Hbond substituents is 1. The number of allylic oxidation sites excluding steroid dienone is 2. The molecule has 6 aromatic rings. The largest absolute Gasteiger partial charge is 0.508 e. The first-order valence-electron chi connectivity index (χ1n) is 24.7. The van der Waals surface area contributed by atoms with Crippen LogP contribution < -0.4 is 9.47 Å². The molecule has 0 aromatic heterocycles. The van der Waals surface area contributed by atoms with Gasteiger partial charge in [0.15, 0.2) is 0 Å². The maximum Gasteiger partial charge on any atom is 0.119 e. The Morgan fingerprint density at radius 3 is 1.58 bits per heavy atom. The van der Waals surface area contributed by atoms with Gasteiger partial charge in [-0.2, -0.15) is 0 Å². The first kappa shape index (κ1) is 49.9. The van der Waals surface area contributed by atoms with Crippen LogP contribution in [0, 0.1) is 11.8 Å². The van der Waals surface area contributed by atoms with Crippen LogP contribution in [-0.2, 0) is 0 Å². The Balaban J connectivity index is 0.000000187. The molecule has 3 fully saturated rings. The lowest BCUT2D eigenvalue weighted by Crippen LogP contribution is -2.38. The van der Waals surface area contributed by atoms with Gasteiger partial charge in [0.25, 0.3) is 0 Å². The molecule has 4 atom stereocenters. The first-order chi connectivity index (χ1) is 33.8. The fourth-order valence-corrected chi connectivity index (χ4v) is 10.4. The number of rotatable bonds is 20. The molecule has 360 valence electrons. The average Bonchev–Trinajstić information content (AvgIpc) is 3.88. The number of aromatic hydroxyl groups is 1. The number of fused-ring (bicyclic) bond motifs is 1. The summed E-state index contributed by atoms with van der Waals surface area (Å²) in [6, 6.07) is 54.0. The molecule has 8 nitrogen and oxygen atoms in total. The van der Waals surface area contributed by atoms with Crippen molar-refractivity contribution in [1.29, 1.82) is 0 Å². The van der Waals surface area contributed by atoms with Crippen LogP contribution in [-0.4, -0.2) is 102 Å². The van der Waals surface area contributed by atoms with E-state index in [2.05, 4.69) is 130 Å². The van der Waals surface area contributed by atoms with E-state index in [0.29, 0.717) is 31.0 Å². The number of benzene rings is 6. The van der Waals surface area contributed by atoms with Gasteiger partial charge in [0.2, 0.25) is 0 Å². The standard InChI is InChI=1S/C31H35NO4.C29H32BrNO2/c33-17-4-7-28(22-5-2-1-3-6-22)31(23-8-12-26(35)13-9-23)24-10-14-27(15-11-24)36-18-16-32-20-25-19-29(25)30(32)21-34;1-31-19-5-9-26(31)21-33-27-17-13-24(14-18-27)29(23-11-15-25(30)16-12-23)28(10-6-20-32)22-7-3-2-4-8-22/h1-3,5-6,8-15,25,29-30,33-35H,4,7,16-21H2;2-4,7-8,11-18,26,32H,5-6,9-10,19-21H2,1H3/b31-28-;29-28-/t25-,29-,30-;/m1./s1. The Kier molecular flexibility index (Phi) is 18.0. The molecule has 1 aliphatic carbocycles. The number of likely N-dealkylation sites (tertiary alicyclic amines) is 2. The molecule has 1 unspecified atom stereocenters. The van der Waals surface area contributed by atoms with Crippen LogP contribution in [0.3, 0.4) is 0 Å². The van der Waals surface area contributed by atoms with Crippen molar-refractivity contribution in [3.63, 3.8) is 0 Å². The maximum absolute atomic E-state index is 9.87. The summed E-state index contributed by atoms with van der Waals surface area (Å²) < 4.78 is 13.3. The summed E-state index contributed by atoms with van der Waals surface area (Å²) in [5.41, 5.74) is 11.4. The van der Waals surface area contributed by atoms with Gasteiger partial charge in [0, 0.05) is 42.9 Å². The highest BCUT2D eigenvalue weighted by Gasteiger charge is 2.51. The van der Waals surface area contributed by atoms with Crippen LogP contribution in [0.25, 0.3) is 22.3 Å². The number of likely N-dealkylation sites (N-methyl/N-ethyl adjacent to an activating group) is 1. The molecule has 9 rings (SSSR count). The van der Waals surface area contributed by atoms with E-state index >= 15 is 0 Å². The quantitative estimate of drug-likeness (QED) is 0.0561. The van der Waals surface area contributed by atoms with E-state index in [1.807, 2.05) is 48.5 Å². The topological polar surface area (TPSA) is 106 Å². The molecule has 0 bridgehead atoms. The van der Waals surface area contributed by atoms with Gasteiger partial charge in [-0.1, -0.05) is 125 Å². The van der Waals surface area contributed by atoms with E-state index in [0.717, 1.165) is 106 Å². The van der Waals surface area contributed by atoms with E-state index in [1.165, 1.54) is 36.0 Å². The Bertz CT molecular complexity index is 2570. The van der Waals surface area contributed by atoms with Gasteiger partial charge in [-0.15, -0.1) is 0 Å². The number of ether oxygens (including phenoxy) is 2. The number of aliphatic hydroxyl groups is 3. The van der Waals surface area contributed by atoms with Crippen molar-refractivity contribution < 1.29 is 29.9 Å². The third kappa shape index (κ3) is 13.2. The van der Waals surface area contributed by atoms with Crippen molar-refractivity contribution in [2.45, 2.75) is 57.0 Å². The van der Waals surface area contributed by atoms with Crippen LogP contribution >= 0.6 is 15.9 Å². The minimum absolute atomic E-state index is 0.127. The van der Waals surface area contributed by atoms with Crippen molar-refractivity contribution in [1.82, 2.24) is 9.80 Å². The first-order valence-corrected chi connectivity index (χ1v) is 25.5. The van der Waals surface area contributed by atoms with Crippen LogP contribution in [0.15, 0.2) is 162 Å². The Morgan fingerprint density at radius 2 is 1.10 bits per heavy atom. The van der Waals surface area contributed by atoms with E-state index < -0.39 is 0 Å². The number of nitrogens with zero attached hydrogens (tertiary/aromatic N) is 2. The summed E-state index contributed by atoms with van der Waals surface area (Å²) in [5.74, 6) is 3.42. The average molecular weight is 992 g/mol. The molecule has 2 saturated heterocycles. The highest BCUT2D eigenvalue weighted by molar-refractivity contribution is 9.10. The lowest BCUT2D eigenvalue weighted by Gasteiger charge is -2.25. The highest BCUT2D eigenvalue weighted by Crippen LogP contribution is 2.49. The second kappa shape index (κ2) is 24.9. The summed E-state index contributed by atoms with van der Waals surface area (Å²) in [6.45, 7) is 4.94. The molecule has 0 amide bonds. The zero-order chi connectivity index (χ0) is 48.0. The zero-order valence-corrected chi connectivity index (χ0v) is 41.4. The number of aliphatic hydroxyl groups excluding tert-OH is 3. The number of phenols is 1. The molecule has 1 saturated carbocycles. The third-order valence-electron chi connectivity index (χ3n) is 14.0. The second-order valence-electron chi connectivity index (χ2n) is 18.5. The number of halogens is 1. The SMILES string of the molecule is CN1CCCC1COc1ccc(/C(=C(/CCCO)c2ccccc2)c2ccc(Br)cc2)cc1.OCCC/C(=C(\c1ccc(O)cc1)c1ccc(OCCN2C[C@H]3C[C@H]3[C@H]2CO)cc1)c1ccccc1. The summed E-state index contributed by atoms with van der Waals surface area (Å²) in [6.07, 6.45) is 6.65. The summed E-state index contributed by atoms with van der Waals surface area (Å²) in [7, 11) is 2.18. The molecule has 2 aliphatic heterocycles. The Labute approximate surface area is 417 Å². The molecule has 9 heteroatoms. The fourth-order valence-electron chi connectivity index (χ4n) is 10.2. The molecule has 0 radical (unpaired) electrons. The van der Waals surface area contributed by atoms with Crippen LogP contribution in [0.5, 0.6) is 17.2 Å². The second-order valence-corrected chi connectivity index (χ2v) is 19.5. The lowest BCUT2D eigenvalue weighted by molar-refractivity contribution is 0.120. The van der Waals surface area contributed by atoms with Gasteiger partial charge >= 0.3 is 0 Å². The molecular weight excluding hydrogens is 925 g/mol. The predicted octanol–water partition coefficient (Wildman–Crippen LogP) is 11.5. The van der Waals surface area contributed by atoms with Gasteiger partial charge in [-0.05, 0) is 175 Å². The number of piperidine rings is 1. The van der Waals surface area contributed by atoms with Crippen molar-refractivity contribution in [2.24, 2.45) is 11.8 Å². The minimum Gasteiger partial charge on any atom is -0.508 e. The van der Waals surface area contributed by atoms with E-state index in [9.17, 15) is 20.4 Å². The molecule has 2 heterocycles. The molecule has 3 aliphatic rings. The van der Waals surface area contributed by atoms with Crippen LogP contribution in [0.1, 0.15) is 78.3 Å². The Morgan fingerprint density at radius 1 is 0.609 bits per heavy atom. The maximum atomic E-state index is 9.87. The zero-order valence-electron chi connectivity index (χ0n) is 39.8. The number of hydrogen-bond acceptors (Lipinski definition) is 8. The summed E-state index contributed by atoms with van der Waals surface area (Å²) >= 11 is 3.56. The van der Waals surface area contributed by atoms with Gasteiger partial charge in [0.1, 0.15) is 30.5 Å². The summed E-state index contributed by atoms with van der Waals surface area (Å²) in [4.78, 5) is 4.75. The van der Waals surface area contributed by atoms with E-state index in [-0.39, 0.29) is 25.6 Å².